The molecule has 0 aliphatic carbocycles. The van der Waals surface area contributed by atoms with Gasteiger partial charge in [-0.05, 0) is 161 Å². The van der Waals surface area contributed by atoms with Crippen LogP contribution in [0.4, 0.5) is 0 Å². The van der Waals surface area contributed by atoms with Crippen LogP contribution >= 0.6 is 15.6 Å². The van der Waals surface area contributed by atoms with Gasteiger partial charge in [0.25, 0.3) is 0 Å². The summed E-state index contributed by atoms with van der Waals surface area (Å²) in [7, 11) is -9.82. The number of carbonyl (C=O) groups excluding carboxylic acids is 3. The van der Waals surface area contributed by atoms with E-state index in [9.17, 15) is 43.5 Å². The number of hydrogen-bond acceptors (Lipinski definition) is 14. The number of allylic oxidation sites excluding steroid dienone is 28. The molecule has 0 bridgehead atoms. The molecule has 0 spiro atoms. The first-order chi connectivity index (χ1) is 61.2. The summed E-state index contributed by atoms with van der Waals surface area (Å²) in [5.74, 6) is -1.58. The summed E-state index contributed by atoms with van der Waals surface area (Å²) in [6.07, 6.45) is 128. The van der Waals surface area contributed by atoms with Crippen LogP contribution in [-0.2, 0) is 55.8 Å². The molecule has 0 amide bonds. The molecule has 16 nitrogen and oxygen atoms in total. The largest absolute Gasteiger partial charge is 0.472 e. The van der Waals surface area contributed by atoms with Crippen molar-refractivity contribution in [3.05, 3.63) is 170 Å². The molecular weight excluding hydrogens is 1600 g/mol. The van der Waals surface area contributed by atoms with Gasteiger partial charge in [0.2, 0.25) is 0 Å². The predicted molar refractivity (Wildman–Crippen MR) is 528 cm³/mol. The van der Waals surface area contributed by atoms with Crippen molar-refractivity contribution in [2.45, 2.75) is 450 Å². The fourth-order valence-electron chi connectivity index (χ4n) is 13.8. The van der Waals surface area contributed by atoms with E-state index in [1.807, 2.05) is 0 Å². The summed E-state index contributed by atoms with van der Waals surface area (Å²) in [5, 5.41) is 20.8. The van der Waals surface area contributed by atoms with E-state index in [1.165, 1.54) is 205 Å². The van der Waals surface area contributed by atoms with Gasteiger partial charge in [-0.25, -0.2) is 9.13 Å². The molecule has 0 rings (SSSR count). The second-order valence-corrected chi connectivity index (χ2v) is 36.5. The van der Waals surface area contributed by atoms with E-state index >= 15 is 0 Å². The second-order valence-electron chi connectivity index (χ2n) is 33.5. The molecule has 0 aromatic heterocycles. The van der Waals surface area contributed by atoms with Gasteiger partial charge in [-0.3, -0.25) is 32.5 Å². The highest BCUT2D eigenvalue weighted by Gasteiger charge is 2.30. The lowest BCUT2D eigenvalue weighted by Crippen LogP contribution is -2.30. The van der Waals surface area contributed by atoms with Crippen molar-refractivity contribution in [1.29, 1.82) is 0 Å². The molecule has 718 valence electrons. The molecule has 0 radical (unpaired) electrons. The van der Waals surface area contributed by atoms with Crippen molar-refractivity contribution in [1.82, 2.24) is 0 Å². The van der Waals surface area contributed by atoms with Crippen LogP contribution in [0.3, 0.4) is 0 Å². The average molecular weight is 1790 g/mol. The summed E-state index contributed by atoms with van der Waals surface area (Å²) < 4.78 is 61.6. The Hall–Kier alpha value is -5.09. The number of phosphoric acid groups is 2. The SMILES string of the molecule is CC/C=C\C/C=C\C/C=C\C/C=C\C/C=C\C/C=C\CCCCCCCCCCCCCCCCC(=O)OCC(COP(=O)(O)OCC(O)COP(=O)(O)OCC(O)COC(=O)CCCCCCCCCCCCCCCCCCCCC/C=C\C/C=C\C/C=C\C/C=C\CCCCC)OC(=O)CCCCCCC/C=C\C/C=C\C/C=C\C/C=C\CCCCC. The Bertz CT molecular complexity index is 2950. The van der Waals surface area contributed by atoms with Crippen molar-refractivity contribution in [3.63, 3.8) is 0 Å². The Balaban J connectivity index is 4.54. The minimum atomic E-state index is -4.95. The molecule has 0 aromatic carbocycles. The monoisotopic (exact) mass is 1790 g/mol. The summed E-state index contributed by atoms with van der Waals surface area (Å²) in [6.45, 7) is 2.55. The van der Waals surface area contributed by atoms with Gasteiger partial charge in [0.15, 0.2) is 6.10 Å². The number of rotatable bonds is 95. The maximum absolute atomic E-state index is 13.1. The molecule has 5 atom stereocenters. The summed E-state index contributed by atoms with van der Waals surface area (Å²) >= 11 is 0. The van der Waals surface area contributed by atoms with Crippen LogP contribution in [0.5, 0.6) is 0 Å². The number of aliphatic hydroxyl groups excluding tert-OH is 2. The zero-order chi connectivity index (χ0) is 90.7. The summed E-state index contributed by atoms with van der Waals surface area (Å²) in [6, 6.07) is 0. The van der Waals surface area contributed by atoms with Crippen LogP contribution in [-0.4, -0.2) is 95.9 Å². The lowest BCUT2D eigenvalue weighted by Gasteiger charge is -2.21. The molecule has 4 N–H and O–H groups in total. The number of esters is 3. The Morgan fingerprint density at radius 1 is 0.232 bits per heavy atom. The van der Waals surface area contributed by atoms with Gasteiger partial charge in [-0.2, -0.15) is 0 Å². The van der Waals surface area contributed by atoms with Gasteiger partial charge in [0.1, 0.15) is 25.4 Å². The van der Waals surface area contributed by atoms with Crippen LogP contribution in [0.1, 0.15) is 432 Å². The third-order valence-corrected chi connectivity index (χ3v) is 23.3. The van der Waals surface area contributed by atoms with Crippen LogP contribution in [0.25, 0.3) is 0 Å². The van der Waals surface area contributed by atoms with Gasteiger partial charge in [0.05, 0.1) is 26.4 Å². The maximum Gasteiger partial charge on any atom is 0.472 e. The fourth-order valence-corrected chi connectivity index (χ4v) is 15.4. The van der Waals surface area contributed by atoms with E-state index < -0.39 is 91.5 Å². The van der Waals surface area contributed by atoms with Crippen LogP contribution in [0.15, 0.2) is 170 Å². The predicted octanol–water partition coefficient (Wildman–Crippen LogP) is 31.8. The number of phosphoric ester groups is 2. The molecular formula is C107H184O16P2. The van der Waals surface area contributed by atoms with Crippen molar-refractivity contribution >= 4 is 33.6 Å². The van der Waals surface area contributed by atoms with E-state index in [0.717, 1.165) is 167 Å². The van der Waals surface area contributed by atoms with Crippen molar-refractivity contribution < 1.29 is 75.8 Å². The second kappa shape index (κ2) is 98.0. The first kappa shape index (κ1) is 120. The fraction of sp³-hybridized carbons (Fsp3) is 0.710. The Morgan fingerprint density at radius 3 is 0.672 bits per heavy atom. The molecule has 0 fully saturated rings. The van der Waals surface area contributed by atoms with Crippen LogP contribution in [0.2, 0.25) is 0 Å². The highest BCUT2D eigenvalue weighted by atomic mass is 31.2. The molecule has 18 heteroatoms. The maximum atomic E-state index is 13.1. The molecule has 0 saturated carbocycles. The molecule has 0 aliphatic rings. The van der Waals surface area contributed by atoms with Crippen LogP contribution < -0.4 is 0 Å². The van der Waals surface area contributed by atoms with E-state index in [0.29, 0.717) is 19.3 Å². The normalized spacial score (nSPS) is 14.4. The Kier molecular flexibility index (Phi) is 94.0. The van der Waals surface area contributed by atoms with Gasteiger partial charge < -0.3 is 34.2 Å². The molecule has 5 unspecified atom stereocenters. The van der Waals surface area contributed by atoms with Gasteiger partial charge >= 0.3 is 33.6 Å². The van der Waals surface area contributed by atoms with Gasteiger partial charge in [-0.15, -0.1) is 0 Å². The van der Waals surface area contributed by atoms with Gasteiger partial charge in [0, 0.05) is 19.3 Å². The molecule has 0 saturated heterocycles. The first-order valence-corrected chi connectivity index (χ1v) is 53.4. The smallest absolute Gasteiger partial charge is 0.463 e. The number of carbonyl (C=O) groups is 3. The average Bonchev–Trinajstić information content (AvgIpc) is 0.994. The van der Waals surface area contributed by atoms with E-state index in [4.69, 9.17) is 32.3 Å². The quantitative estimate of drug-likeness (QED) is 0.0146. The number of hydrogen-bond donors (Lipinski definition) is 4. The highest BCUT2D eigenvalue weighted by molar-refractivity contribution is 7.47. The number of unbranched alkanes of at least 4 members (excludes halogenated alkanes) is 44. The summed E-state index contributed by atoms with van der Waals surface area (Å²) in [5.41, 5.74) is 0. The lowest BCUT2D eigenvalue weighted by molar-refractivity contribution is -0.161. The third-order valence-electron chi connectivity index (χ3n) is 21.4. The zero-order valence-electron chi connectivity index (χ0n) is 79.5. The highest BCUT2D eigenvalue weighted by Crippen LogP contribution is 2.45. The van der Waals surface area contributed by atoms with E-state index in [1.54, 1.807) is 0 Å². The number of aliphatic hydroxyl groups is 2. The standard InChI is InChI=1S/C107H184O16P2/c1-4-7-10-13-16-19-22-25-28-31-34-37-39-41-43-45-47-49-50-52-54-55-57-59-61-64-66-69-72-75-78-81-84-87-90-93-105(110)117-96-102(108)97-119-124(113,114)120-98-103(109)99-121-125(115,116)122-101-104(123-107(112)95-92-89-86-83-80-77-74-71-68-63-36-33-30-27-24-21-18-15-12-9-6-3)100-118-106(111)94-91-88-85-82-79-76-73-70-67-65-62-60-58-56-53-51-48-46-44-42-40-38-35-32-29-26-23-20-17-14-11-8-5-2/h8,11,16-21,25-30,34-38,41-44,48,51,63,71,74,102-104,108-109H,4-7,9-10,12-15,22-24,31-33,39-40,45-47,49-50,52-62,64-70,72-73,75-101H2,1-3H3,(H,113,114)(H,115,116)/b11-8-,19-16-,20-17-,21-18-,28-25-,29-26-,30-27-,37-34-,38-35-,43-41-,44-42-,51-48-,63-36-,74-71-. The number of ether oxygens (including phenoxy) is 3. The van der Waals surface area contributed by atoms with Crippen molar-refractivity contribution in [3.8, 4) is 0 Å². The third kappa shape index (κ3) is 99.3. The topological polar surface area (TPSA) is 231 Å². The lowest BCUT2D eigenvalue weighted by atomic mass is 10.0. The van der Waals surface area contributed by atoms with Gasteiger partial charge in [-0.1, -0.05) is 422 Å². The van der Waals surface area contributed by atoms with Crippen molar-refractivity contribution in [2.24, 2.45) is 0 Å². The molecule has 0 aromatic rings. The molecule has 125 heavy (non-hydrogen) atoms. The van der Waals surface area contributed by atoms with E-state index in [-0.39, 0.29) is 19.3 Å². The van der Waals surface area contributed by atoms with Crippen LogP contribution in [0, 0.1) is 0 Å². The summed E-state index contributed by atoms with van der Waals surface area (Å²) in [4.78, 5) is 59.1. The minimum Gasteiger partial charge on any atom is -0.463 e. The van der Waals surface area contributed by atoms with Crippen molar-refractivity contribution in [2.75, 3.05) is 39.6 Å². The first-order valence-electron chi connectivity index (χ1n) is 50.4. The molecule has 0 heterocycles. The minimum absolute atomic E-state index is 0.0805. The zero-order valence-corrected chi connectivity index (χ0v) is 81.3. The Morgan fingerprint density at radius 2 is 0.424 bits per heavy atom. The van der Waals surface area contributed by atoms with E-state index in [2.05, 4.69) is 191 Å². The molecule has 0 aliphatic heterocycles. The Labute approximate surface area is 764 Å².